The molecule has 0 spiro atoms. The second kappa shape index (κ2) is 25.7. The Hall–Kier alpha value is -0.940. The summed E-state index contributed by atoms with van der Waals surface area (Å²) in [6, 6.07) is 0.594. The van der Waals surface area contributed by atoms with Gasteiger partial charge >= 0.3 is 5.97 Å². The van der Waals surface area contributed by atoms with Crippen LogP contribution in [0.3, 0.4) is 0 Å². The molecule has 0 aliphatic carbocycles. The second-order valence-corrected chi connectivity index (χ2v) is 10.0. The van der Waals surface area contributed by atoms with Gasteiger partial charge < -0.3 is 20.5 Å². The zero-order valence-corrected chi connectivity index (χ0v) is 22.1. The maximum absolute atomic E-state index is 10.5. The predicted octanol–water partition coefficient (Wildman–Crippen LogP) is 7.03. The fourth-order valence-corrected chi connectivity index (χ4v) is 4.28. The summed E-state index contributed by atoms with van der Waals surface area (Å²) in [4.78, 5) is 21.0. The summed E-state index contributed by atoms with van der Waals surface area (Å²) in [7, 11) is 0. The quantitative estimate of drug-likeness (QED) is 0.0891. The topological polar surface area (TPSA) is 78.4 Å². The number of hydrogen-bond donors (Lipinski definition) is 3. The standard InChI is InChI=1S/C28H56N2O3/c1-26(29-23-19-20-24-30-27(2)25-31)21-17-15-13-11-9-7-5-3-4-6-8-10-12-14-16-18-22-28(32)33/h25-27,29-30H,3-24H2,1-2H3,(H,32,33). The van der Waals surface area contributed by atoms with Gasteiger partial charge in [0.2, 0.25) is 0 Å². The molecule has 0 aromatic carbocycles. The molecule has 5 nitrogen and oxygen atoms in total. The van der Waals surface area contributed by atoms with Gasteiger partial charge in [-0.25, -0.2) is 0 Å². The van der Waals surface area contributed by atoms with Crippen LogP contribution in [0.1, 0.15) is 142 Å². The van der Waals surface area contributed by atoms with Crippen molar-refractivity contribution in [1.82, 2.24) is 10.6 Å². The van der Waals surface area contributed by atoms with Crippen LogP contribution in [0.15, 0.2) is 0 Å². The summed E-state index contributed by atoms with van der Waals surface area (Å²) in [5, 5.41) is 15.4. The van der Waals surface area contributed by atoms with E-state index in [1.807, 2.05) is 6.92 Å². The lowest BCUT2D eigenvalue weighted by molar-refractivity contribution is -0.137. The molecule has 0 aliphatic heterocycles. The van der Waals surface area contributed by atoms with E-state index >= 15 is 0 Å². The fraction of sp³-hybridized carbons (Fsp3) is 0.929. The molecular formula is C28H56N2O3. The van der Waals surface area contributed by atoms with Gasteiger partial charge in [-0.05, 0) is 52.6 Å². The highest BCUT2D eigenvalue weighted by atomic mass is 16.4. The number of carboxylic acids is 1. The maximum Gasteiger partial charge on any atom is 0.303 e. The molecule has 0 aromatic rings. The zero-order chi connectivity index (χ0) is 24.4. The Balaban J connectivity index is 3.16. The third-order valence-electron chi connectivity index (χ3n) is 6.54. The molecule has 0 saturated heterocycles. The van der Waals surface area contributed by atoms with Crippen LogP contribution in [0.25, 0.3) is 0 Å². The summed E-state index contributed by atoms with van der Waals surface area (Å²) < 4.78 is 0. The normalized spacial score (nSPS) is 13.2. The number of carbonyl (C=O) groups is 2. The SMILES string of the molecule is CC(C=O)NCCCCNC(C)CCCCCCCCCCCCCCCCCCC(=O)O. The molecule has 33 heavy (non-hydrogen) atoms. The third kappa shape index (κ3) is 27.2. The molecule has 3 N–H and O–H groups in total. The van der Waals surface area contributed by atoms with Crippen LogP contribution in [-0.4, -0.2) is 42.5 Å². The predicted molar refractivity (Wildman–Crippen MR) is 141 cm³/mol. The molecule has 0 radical (unpaired) electrons. The summed E-state index contributed by atoms with van der Waals surface area (Å²) in [5.74, 6) is -0.660. The number of nitrogens with one attached hydrogen (secondary N) is 2. The molecule has 0 saturated carbocycles. The fourth-order valence-electron chi connectivity index (χ4n) is 4.28. The molecule has 0 rings (SSSR count). The van der Waals surface area contributed by atoms with Crippen LogP contribution in [0, 0.1) is 0 Å². The largest absolute Gasteiger partial charge is 0.481 e. The number of hydrogen-bond acceptors (Lipinski definition) is 4. The van der Waals surface area contributed by atoms with Gasteiger partial charge in [0.25, 0.3) is 0 Å². The van der Waals surface area contributed by atoms with Gasteiger partial charge in [0.05, 0.1) is 6.04 Å². The minimum Gasteiger partial charge on any atom is -0.481 e. The van der Waals surface area contributed by atoms with E-state index in [1.54, 1.807) is 0 Å². The van der Waals surface area contributed by atoms with E-state index in [1.165, 1.54) is 103 Å². The van der Waals surface area contributed by atoms with Crippen LogP contribution in [-0.2, 0) is 9.59 Å². The summed E-state index contributed by atoms with van der Waals surface area (Å²) in [5.41, 5.74) is 0. The smallest absolute Gasteiger partial charge is 0.303 e. The summed E-state index contributed by atoms with van der Waals surface area (Å²) in [6.45, 7) is 6.20. The highest BCUT2D eigenvalue weighted by Crippen LogP contribution is 2.14. The number of rotatable bonds is 27. The molecule has 0 fully saturated rings. The van der Waals surface area contributed by atoms with Crippen molar-refractivity contribution in [3.63, 3.8) is 0 Å². The van der Waals surface area contributed by atoms with E-state index in [-0.39, 0.29) is 6.04 Å². The molecule has 196 valence electrons. The number of carboxylic acid groups (broad SMARTS) is 1. The van der Waals surface area contributed by atoms with E-state index in [4.69, 9.17) is 5.11 Å². The van der Waals surface area contributed by atoms with E-state index in [9.17, 15) is 9.59 Å². The number of aldehydes is 1. The maximum atomic E-state index is 10.5. The lowest BCUT2D eigenvalue weighted by Crippen LogP contribution is -2.30. The molecule has 2 atom stereocenters. The lowest BCUT2D eigenvalue weighted by Gasteiger charge is -2.14. The summed E-state index contributed by atoms with van der Waals surface area (Å²) in [6.07, 6.45) is 25.8. The third-order valence-corrected chi connectivity index (χ3v) is 6.54. The number of unbranched alkanes of at least 4 members (excludes halogenated alkanes) is 16. The minimum absolute atomic E-state index is 0.0205. The average Bonchev–Trinajstić information content (AvgIpc) is 2.80. The van der Waals surface area contributed by atoms with Crippen molar-refractivity contribution in [2.45, 2.75) is 154 Å². The molecular weight excluding hydrogens is 412 g/mol. The average molecular weight is 469 g/mol. The van der Waals surface area contributed by atoms with Gasteiger partial charge in [-0.1, -0.05) is 96.3 Å². The van der Waals surface area contributed by atoms with Crippen molar-refractivity contribution in [3.8, 4) is 0 Å². The van der Waals surface area contributed by atoms with Crippen molar-refractivity contribution in [2.24, 2.45) is 0 Å². The first kappa shape index (κ1) is 32.1. The molecule has 0 bridgehead atoms. The van der Waals surface area contributed by atoms with E-state index in [0.29, 0.717) is 12.5 Å². The van der Waals surface area contributed by atoms with Crippen molar-refractivity contribution in [1.29, 1.82) is 0 Å². The van der Waals surface area contributed by atoms with E-state index in [2.05, 4.69) is 17.6 Å². The van der Waals surface area contributed by atoms with Crippen LogP contribution < -0.4 is 10.6 Å². The van der Waals surface area contributed by atoms with Gasteiger partial charge in [0, 0.05) is 12.5 Å². The van der Waals surface area contributed by atoms with Crippen LogP contribution in [0.5, 0.6) is 0 Å². The van der Waals surface area contributed by atoms with Gasteiger partial charge in [-0.2, -0.15) is 0 Å². The van der Waals surface area contributed by atoms with E-state index < -0.39 is 5.97 Å². The van der Waals surface area contributed by atoms with Gasteiger partial charge in [-0.15, -0.1) is 0 Å². The van der Waals surface area contributed by atoms with Crippen molar-refractivity contribution in [2.75, 3.05) is 13.1 Å². The first-order chi connectivity index (χ1) is 16.1. The van der Waals surface area contributed by atoms with Crippen molar-refractivity contribution in [3.05, 3.63) is 0 Å². The Morgan fingerprint density at radius 3 is 1.45 bits per heavy atom. The Kier molecular flexibility index (Phi) is 24.9. The zero-order valence-electron chi connectivity index (χ0n) is 22.1. The van der Waals surface area contributed by atoms with Crippen LogP contribution in [0.4, 0.5) is 0 Å². The molecule has 2 unspecified atom stereocenters. The molecule has 0 aliphatic rings. The van der Waals surface area contributed by atoms with Crippen molar-refractivity contribution >= 4 is 12.3 Å². The lowest BCUT2D eigenvalue weighted by atomic mass is 10.0. The van der Waals surface area contributed by atoms with Crippen LogP contribution in [0.2, 0.25) is 0 Å². The first-order valence-corrected chi connectivity index (χ1v) is 14.2. The monoisotopic (exact) mass is 468 g/mol. The highest BCUT2D eigenvalue weighted by molar-refractivity contribution is 5.66. The molecule has 5 heteroatoms. The minimum atomic E-state index is -0.660. The Labute approximate surface area is 205 Å². The van der Waals surface area contributed by atoms with Crippen molar-refractivity contribution < 1.29 is 14.7 Å². The molecule has 0 amide bonds. The Morgan fingerprint density at radius 2 is 1.03 bits per heavy atom. The Bertz CT molecular complexity index is 431. The number of aliphatic carboxylic acids is 1. The number of carbonyl (C=O) groups excluding carboxylic acids is 1. The summed E-state index contributed by atoms with van der Waals surface area (Å²) >= 11 is 0. The Morgan fingerprint density at radius 1 is 0.636 bits per heavy atom. The van der Waals surface area contributed by atoms with Crippen LogP contribution >= 0.6 is 0 Å². The van der Waals surface area contributed by atoms with E-state index in [0.717, 1.165) is 38.6 Å². The molecule has 0 aromatic heterocycles. The second-order valence-electron chi connectivity index (χ2n) is 10.0. The molecule has 0 heterocycles. The first-order valence-electron chi connectivity index (χ1n) is 14.2. The van der Waals surface area contributed by atoms with Gasteiger partial charge in [-0.3, -0.25) is 4.79 Å². The highest BCUT2D eigenvalue weighted by Gasteiger charge is 2.02. The van der Waals surface area contributed by atoms with Gasteiger partial charge in [0.15, 0.2) is 0 Å². The van der Waals surface area contributed by atoms with Gasteiger partial charge in [0.1, 0.15) is 6.29 Å².